The smallest absolute Gasteiger partial charge is 0.331 e. The fourth-order valence-electron chi connectivity index (χ4n) is 2.82. The first-order valence-corrected chi connectivity index (χ1v) is 10.0. The highest BCUT2D eigenvalue weighted by molar-refractivity contribution is 5.95. The number of carbonyl (C=O) groups is 3. The fourth-order valence-corrected chi connectivity index (χ4v) is 2.82. The summed E-state index contributed by atoms with van der Waals surface area (Å²) < 4.78 is 10.2. The average Bonchev–Trinajstić information content (AvgIpc) is 2.77. The van der Waals surface area contributed by atoms with Gasteiger partial charge in [-0.3, -0.25) is 9.59 Å². The quantitative estimate of drug-likeness (QED) is 0.467. The van der Waals surface area contributed by atoms with Crippen LogP contribution in [-0.2, 0) is 19.1 Å². The summed E-state index contributed by atoms with van der Waals surface area (Å²) in [7, 11) is 1.56. The summed E-state index contributed by atoms with van der Waals surface area (Å²) in [6.45, 7) is 3.64. The second kappa shape index (κ2) is 12.2. The predicted octanol–water partition coefficient (Wildman–Crippen LogP) is 3.44. The molecule has 0 heterocycles. The molecule has 0 saturated heterocycles. The first-order valence-electron chi connectivity index (χ1n) is 10.0. The Bertz CT molecular complexity index is 939. The van der Waals surface area contributed by atoms with Gasteiger partial charge >= 0.3 is 5.97 Å². The van der Waals surface area contributed by atoms with Crippen LogP contribution in [-0.4, -0.2) is 49.5 Å². The van der Waals surface area contributed by atoms with Crippen molar-refractivity contribution in [2.75, 3.05) is 32.1 Å². The van der Waals surface area contributed by atoms with Crippen LogP contribution in [0.3, 0.4) is 0 Å². The molecule has 0 radical (unpaired) electrons. The molecule has 0 fully saturated rings. The van der Waals surface area contributed by atoms with Crippen molar-refractivity contribution in [1.29, 1.82) is 0 Å². The third-order valence-electron chi connectivity index (χ3n) is 4.44. The number of rotatable bonds is 10. The Morgan fingerprint density at radius 1 is 1.10 bits per heavy atom. The van der Waals surface area contributed by atoms with Crippen molar-refractivity contribution < 1.29 is 23.9 Å². The Balaban J connectivity index is 1.88. The number of hydrogen-bond acceptors (Lipinski definition) is 5. The van der Waals surface area contributed by atoms with Crippen molar-refractivity contribution in [3.8, 4) is 5.75 Å². The maximum atomic E-state index is 12.5. The van der Waals surface area contributed by atoms with Gasteiger partial charge in [0.2, 0.25) is 5.91 Å². The largest absolute Gasteiger partial charge is 0.497 e. The summed E-state index contributed by atoms with van der Waals surface area (Å²) in [6, 6.07) is 14.6. The maximum Gasteiger partial charge on any atom is 0.331 e. The molecule has 2 aromatic rings. The normalized spacial score (nSPS) is 10.5. The minimum absolute atomic E-state index is 0.113. The van der Waals surface area contributed by atoms with Crippen molar-refractivity contribution in [2.45, 2.75) is 20.3 Å². The molecule has 164 valence electrons. The zero-order chi connectivity index (χ0) is 22.6. The highest BCUT2D eigenvalue weighted by atomic mass is 16.5. The zero-order valence-electron chi connectivity index (χ0n) is 18.1. The van der Waals surface area contributed by atoms with E-state index in [1.54, 1.807) is 37.5 Å². The van der Waals surface area contributed by atoms with E-state index in [2.05, 4.69) is 5.32 Å². The summed E-state index contributed by atoms with van der Waals surface area (Å²) in [5, 5.41) is 2.80. The maximum absolute atomic E-state index is 12.5. The number of aryl methyl sites for hydroxylation is 1. The number of methoxy groups -OCH3 is 1. The minimum Gasteiger partial charge on any atom is -0.497 e. The molecule has 0 atom stereocenters. The average molecular weight is 424 g/mol. The lowest BCUT2D eigenvalue weighted by molar-refractivity contribution is -0.148. The number of amides is 2. The molecule has 1 N–H and O–H groups in total. The monoisotopic (exact) mass is 424 g/mol. The molecule has 2 amide bonds. The van der Waals surface area contributed by atoms with E-state index in [4.69, 9.17) is 9.47 Å². The number of ether oxygens (including phenoxy) is 2. The van der Waals surface area contributed by atoms with Gasteiger partial charge < -0.3 is 19.7 Å². The SMILES string of the molecule is CCCN(CC(=O)Nc1ccccc1C)C(=O)COC(=O)/C=C/c1cccc(OC)c1. The van der Waals surface area contributed by atoms with Gasteiger partial charge in [-0.05, 0) is 48.7 Å². The summed E-state index contributed by atoms with van der Waals surface area (Å²) in [5.41, 5.74) is 2.40. The molecular weight excluding hydrogens is 396 g/mol. The van der Waals surface area contributed by atoms with E-state index in [9.17, 15) is 14.4 Å². The van der Waals surface area contributed by atoms with E-state index in [1.165, 1.54) is 11.0 Å². The van der Waals surface area contributed by atoms with Crippen LogP contribution in [0.15, 0.2) is 54.6 Å². The van der Waals surface area contributed by atoms with E-state index in [0.717, 1.165) is 11.1 Å². The van der Waals surface area contributed by atoms with Crippen LogP contribution in [0, 0.1) is 6.92 Å². The summed E-state index contributed by atoms with van der Waals surface area (Å²) in [4.78, 5) is 38.2. The highest BCUT2D eigenvalue weighted by Gasteiger charge is 2.18. The van der Waals surface area contributed by atoms with E-state index in [0.29, 0.717) is 24.4 Å². The number of para-hydroxylation sites is 1. The number of nitrogens with one attached hydrogen (secondary N) is 1. The molecular formula is C24H28N2O5. The van der Waals surface area contributed by atoms with Gasteiger partial charge in [0.15, 0.2) is 6.61 Å². The van der Waals surface area contributed by atoms with Gasteiger partial charge in [-0.25, -0.2) is 4.79 Å². The van der Waals surface area contributed by atoms with Crippen molar-refractivity contribution in [2.24, 2.45) is 0 Å². The summed E-state index contributed by atoms with van der Waals surface area (Å²) in [5.74, 6) is -0.702. The molecule has 7 heteroatoms. The van der Waals surface area contributed by atoms with E-state index < -0.39 is 18.5 Å². The van der Waals surface area contributed by atoms with Gasteiger partial charge in [0.25, 0.3) is 5.91 Å². The molecule has 0 saturated carbocycles. The summed E-state index contributed by atoms with van der Waals surface area (Å²) in [6.07, 6.45) is 3.50. The van der Waals surface area contributed by atoms with Gasteiger partial charge in [-0.1, -0.05) is 37.3 Å². The first-order chi connectivity index (χ1) is 14.9. The van der Waals surface area contributed by atoms with Crippen LogP contribution < -0.4 is 10.1 Å². The number of hydrogen-bond donors (Lipinski definition) is 1. The molecule has 0 aromatic heterocycles. The van der Waals surface area contributed by atoms with Crippen LogP contribution >= 0.6 is 0 Å². The van der Waals surface area contributed by atoms with E-state index in [-0.39, 0.29) is 12.5 Å². The zero-order valence-corrected chi connectivity index (χ0v) is 18.1. The van der Waals surface area contributed by atoms with Crippen LogP contribution in [0.25, 0.3) is 6.08 Å². The number of esters is 1. The van der Waals surface area contributed by atoms with Crippen molar-refractivity contribution in [3.63, 3.8) is 0 Å². The predicted molar refractivity (Wildman–Crippen MR) is 120 cm³/mol. The van der Waals surface area contributed by atoms with Crippen molar-refractivity contribution >= 4 is 29.5 Å². The van der Waals surface area contributed by atoms with E-state index >= 15 is 0 Å². The van der Waals surface area contributed by atoms with Gasteiger partial charge in [-0.15, -0.1) is 0 Å². The molecule has 0 unspecified atom stereocenters. The fraction of sp³-hybridized carbons (Fsp3) is 0.292. The topological polar surface area (TPSA) is 84.9 Å². The Kier molecular flexibility index (Phi) is 9.29. The molecule has 0 aliphatic rings. The highest BCUT2D eigenvalue weighted by Crippen LogP contribution is 2.14. The second-order valence-electron chi connectivity index (χ2n) is 6.90. The first kappa shape index (κ1) is 23.7. The summed E-state index contributed by atoms with van der Waals surface area (Å²) >= 11 is 0. The Labute approximate surface area is 182 Å². The van der Waals surface area contributed by atoms with Crippen LogP contribution in [0.1, 0.15) is 24.5 Å². The van der Waals surface area contributed by atoms with E-state index in [1.807, 2.05) is 38.1 Å². The van der Waals surface area contributed by atoms with Gasteiger partial charge in [0.05, 0.1) is 13.7 Å². The Morgan fingerprint density at radius 2 is 1.87 bits per heavy atom. The lowest BCUT2D eigenvalue weighted by Crippen LogP contribution is -2.40. The lowest BCUT2D eigenvalue weighted by atomic mass is 10.2. The Morgan fingerprint density at radius 3 is 2.58 bits per heavy atom. The molecule has 0 aliphatic heterocycles. The second-order valence-corrected chi connectivity index (χ2v) is 6.90. The number of benzene rings is 2. The van der Waals surface area contributed by atoms with Gasteiger partial charge in [-0.2, -0.15) is 0 Å². The molecule has 0 bridgehead atoms. The van der Waals surface area contributed by atoms with Gasteiger partial charge in [0.1, 0.15) is 5.75 Å². The molecule has 7 nitrogen and oxygen atoms in total. The van der Waals surface area contributed by atoms with Crippen molar-refractivity contribution in [3.05, 3.63) is 65.7 Å². The third-order valence-corrected chi connectivity index (χ3v) is 4.44. The third kappa shape index (κ3) is 7.97. The number of anilines is 1. The molecule has 31 heavy (non-hydrogen) atoms. The van der Waals surface area contributed by atoms with Crippen LogP contribution in [0.4, 0.5) is 5.69 Å². The molecule has 2 rings (SSSR count). The standard InChI is InChI=1S/C24H28N2O5/c1-4-14-26(16-22(27)25-21-11-6-5-8-18(21)2)23(28)17-31-24(29)13-12-19-9-7-10-20(15-19)30-3/h5-13,15H,4,14,16-17H2,1-3H3,(H,25,27)/b13-12+. The lowest BCUT2D eigenvalue weighted by Gasteiger charge is -2.21. The Hall–Kier alpha value is -3.61. The number of nitrogens with zero attached hydrogens (tertiary/aromatic N) is 1. The molecule has 0 aliphatic carbocycles. The minimum atomic E-state index is -0.642. The molecule has 0 spiro atoms. The molecule has 2 aromatic carbocycles. The van der Waals surface area contributed by atoms with Crippen LogP contribution in [0.2, 0.25) is 0 Å². The van der Waals surface area contributed by atoms with Crippen LogP contribution in [0.5, 0.6) is 5.75 Å². The van der Waals surface area contributed by atoms with Gasteiger partial charge in [0, 0.05) is 18.3 Å². The van der Waals surface area contributed by atoms with Crippen molar-refractivity contribution in [1.82, 2.24) is 4.90 Å². The number of carbonyl (C=O) groups excluding carboxylic acids is 3.